The number of carbonyl (C=O) groups is 1. The molecule has 3 aromatic rings. The van der Waals surface area contributed by atoms with Crippen LogP contribution in [0.4, 0.5) is 0 Å². The Balaban J connectivity index is 1.49. The minimum atomic E-state index is -0.0700. The van der Waals surface area contributed by atoms with Gasteiger partial charge in [-0.3, -0.25) is 9.48 Å². The van der Waals surface area contributed by atoms with Crippen LogP contribution in [0.15, 0.2) is 24.3 Å². The molecule has 6 nitrogen and oxygen atoms in total. The van der Waals surface area contributed by atoms with Crippen molar-refractivity contribution < 1.29 is 14.3 Å². The van der Waals surface area contributed by atoms with Crippen LogP contribution in [0, 0.1) is 12.8 Å². The summed E-state index contributed by atoms with van der Waals surface area (Å²) in [6.45, 7) is 7.86. The number of ether oxygens (including phenoxy) is 2. The van der Waals surface area contributed by atoms with Crippen molar-refractivity contribution in [2.75, 3.05) is 6.79 Å². The summed E-state index contributed by atoms with van der Waals surface area (Å²) in [5.74, 6) is 1.90. The number of hydrogen-bond donors (Lipinski definition) is 1. The predicted octanol–water partition coefficient (Wildman–Crippen LogP) is 3.72. The molecular weight excluding hydrogens is 350 g/mol. The van der Waals surface area contributed by atoms with Crippen LogP contribution in [-0.4, -0.2) is 22.5 Å². The molecule has 1 aliphatic heterocycles. The first-order valence-corrected chi connectivity index (χ1v) is 9.46. The van der Waals surface area contributed by atoms with E-state index in [1.807, 2.05) is 35.9 Å². The van der Waals surface area contributed by atoms with Crippen LogP contribution in [0.3, 0.4) is 0 Å². The monoisotopic (exact) mass is 371 g/mol. The molecule has 1 aromatic carbocycles. The molecule has 0 fully saturated rings. The molecule has 1 N–H and O–H groups in total. The molecule has 1 amide bonds. The van der Waals surface area contributed by atoms with Crippen molar-refractivity contribution >= 4 is 27.5 Å². The van der Waals surface area contributed by atoms with Crippen LogP contribution in [0.5, 0.6) is 11.5 Å². The first-order chi connectivity index (χ1) is 12.5. The van der Waals surface area contributed by atoms with Crippen LogP contribution < -0.4 is 14.8 Å². The Morgan fingerprint density at radius 1 is 1.31 bits per heavy atom. The Kier molecular flexibility index (Phi) is 4.32. The van der Waals surface area contributed by atoms with Gasteiger partial charge < -0.3 is 14.8 Å². The van der Waals surface area contributed by atoms with Crippen LogP contribution in [-0.2, 0) is 13.1 Å². The SMILES string of the molecule is Cc1nn(CC(C)C)c2sc(C(=O)NCc3ccc4c(c3)OCO4)cc12. The maximum Gasteiger partial charge on any atom is 0.261 e. The fourth-order valence-electron chi connectivity index (χ4n) is 3.01. The van der Waals surface area contributed by atoms with Gasteiger partial charge in [-0.05, 0) is 36.6 Å². The van der Waals surface area contributed by atoms with E-state index in [4.69, 9.17) is 9.47 Å². The number of benzene rings is 1. The van der Waals surface area contributed by atoms with Gasteiger partial charge in [0.1, 0.15) is 4.83 Å². The lowest BCUT2D eigenvalue weighted by Crippen LogP contribution is -2.21. The number of fused-ring (bicyclic) bond motifs is 2. The van der Waals surface area contributed by atoms with Gasteiger partial charge in [0, 0.05) is 18.5 Å². The molecule has 4 rings (SSSR count). The lowest BCUT2D eigenvalue weighted by Gasteiger charge is -2.06. The summed E-state index contributed by atoms with van der Waals surface area (Å²) in [4.78, 5) is 14.3. The van der Waals surface area contributed by atoms with Crippen molar-refractivity contribution in [1.82, 2.24) is 15.1 Å². The number of hydrogen-bond acceptors (Lipinski definition) is 5. The first-order valence-electron chi connectivity index (χ1n) is 8.65. The van der Waals surface area contributed by atoms with Crippen LogP contribution in [0.1, 0.15) is 34.8 Å². The van der Waals surface area contributed by atoms with E-state index >= 15 is 0 Å². The Labute approximate surface area is 155 Å². The highest BCUT2D eigenvalue weighted by atomic mass is 32.1. The quantitative estimate of drug-likeness (QED) is 0.742. The van der Waals surface area contributed by atoms with Gasteiger partial charge >= 0.3 is 0 Å². The van der Waals surface area contributed by atoms with Gasteiger partial charge in [-0.25, -0.2) is 0 Å². The van der Waals surface area contributed by atoms with E-state index in [9.17, 15) is 4.79 Å². The predicted molar refractivity (Wildman–Crippen MR) is 101 cm³/mol. The Hall–Kier alpha value is -2.54. The molecule has 0 saturated carbocycles. The first kappa shape index (κ1) is 16.9. The third-order valence-corrected chi connectivity index (χ3v) is 5.41. The molecule has 0 unspecified atom stereocenters. The topological polar surface area (TPSA) is 65.4 Å². The van der Waals surface area contributed by atoms with E-state index < -0.39 is 0 Å². The van der Waals surface area contributed by atoms with Crippen LogP contribution >= 0.6 is 11.3 Å². The standard InChI is InChI=1S/C19H21N3O3S/c1-11(2)9-22-19-14(12(3)21-22)7-17(26-19)18(23)20-8-13-4-5-15-16(6-13)25-10-24-15/h4-7,11H,8-10H2,1-3H3,(H,20,23). The summed E-state index contributed by atoms with van der Waals surface area (Å²) in [7, 11) is 0. The smallest absolute Gasteiger partial charge is 0.261 e. The fraction of sp³-hybridized carbons (Fsp3) is 0.368. The minimum absolute atomic E-state index is 0.0700. The Morgan fingerprint density at radius 3 is 2.92 bits per heavy atom. The zero-order valence-electron chi connectivity index (χ0n) is 15.0. The van der Waals surface area contributed by atoms with Gasteiger partial charge in [-0.15, -0.1) is 11.3 Å². The summed E-state index contributed by atoms with van der Waals surface area (Å²) in [6, 6.07) is 7.64. The average molecular weight is 371 g/mol. The summed E-state index contributed by atoms with van der Waals surface area (Å²) in [6.07, 6.45) is 0. The van der Waals surface area contributed by atoms with E-state index in [-0.39, 0.29) is 12.7 Å². The summed E-state index contributed by atoms with van der Waals surface area (Å²) < 4.78 is 12.7. The van der Waals surface area contributed by atoms with Gasteiger partial charge in [-0.1, -0.05) is 19.9 Å². The van der Waals surface area contributed by atoms with Crippen LogP contribution in [0.25, 0.3) is 10.2 Å². The van der Waals surface area contributed by atoms with Gasteiger partial charge in [0.25, 0.3) is 5.91 Å². The van der Waals surface area contributed by atoms with E-state index in [1.165, 1.54) is 11.3 Å². The highest BCUT2D eigenvalue weighted by Crippen LogP contribution is 2.32. The molecule has 0 radical (unpaired) electrons. The molecule has 26 heavy (non-hydrogen) atoms. The molecule has 0 atom stereocenters. The van der Waals surface area contributed by atoms with Gasteiger partial charge in [0.15, 0.2) is 11.5 Å². The molecular formula is C19H21N3O3S. The molecule has 0 aliphatic carbocycles. The third-order valence-electron chi connectivity index (χ3n) is 4.26. The zero-order chi connectivity index (χ0) is 18.3. The number of amides is 1. The molecule has 0 bridgehead atoms. The number of rotatable bonds is 5. The van der Waals surface area contributed by atoms with Crippen molar-refractivity contribution in [3.05, 3.63) is 40.4 Å². The van der Waals surface area contributed by atoms with Crippen molar-refractivity contribution in [1.29, 1.82) is 0 Å². The van der Waals surface area contributed by atoms with Crippen molar-refractivity contribution in [3.63, 3.8) is 0 Å². The molecule has 1 aliphatic rings. The second-order valence-electron chi connectivity index (χ2n) is 6.86. The molecule has 7 heteroatoms. The average Bonchev–Trinajstić information content (AvgIpc) is 3.29. The number of thiophene rings is 1. The van der Waals surface area contributed by atoms with Crippen LogP contribution in [0.2, 0.25) is 0 Å². The Bertz CT molecular complexity index is 974. The number of nitrogens with zero attached hydrogens (tertiary/aromatic N) is 2. The van der Waals surface area contributed by atoms with E-state index in [0.717, 1.165) is 39.5 Å². The lowest BCUT2D eigenvalue weighted by atomic mass is 10.2. The third kappa shape index (κ3) is 3.14. The Morgan fingerprint density at radius 2 is 2.12 bits per heavy atom. The number of aryl methyl sites for hydroxylation is 1. The van der Waals surface area contributed by atoms with Gasteiger partial charge in [-0.2, -0.15) is 5.10 Å². The fourth-order valence-corrected chi connectivity index (χ4v) is 4.10. The normalized spacial score (nSPS) is 12.9. The summed E-state index contributed by atoms with van der Waals surface area (Å²) >= 11 is 1.49. The van der Waals surface area contributed by atoms with Crippen molar-refractivity contribution in [2.24, 2.45) is 5.92 Å². The number of aromatic nitrogens is 2. The molecule has 3 heterocycles. The number of carbonyl (C=O) groups excluding carboxylic acids is 1. The summed E-state index contributed by atoms with van der Waals surface area (Å²) in [5, 5.41) is 8.63. The highest BCUT2D eigenvalue weighted by Gasteiger charge is 2.17. The summed E-state index contributed by atoms with van der Waals surface area (Å²) in [5.41, 5.74) is 1.94. The molecule has 0 saturated heterocycles. The molecule has 136 valence electrons. The van der Waals surface area contributed by atoms with Crippen molar-refractivity contribution in [3.8, 4) is 11.5 Å². The van der Waals surface area contributed by atoms with Gasteiger partial charge in [0.05, 0.1) is 10.6 Å². The zero-order valence-corrected chi connectivity index (χ0v) is 15.9. The van der Waals surface area contributed by atoms with E-state index in [2.05, 4.69) is 24.3 Å². The second kappa shape index (κ2) is 6.64. The van der Waals surface area contributed by atoms with E-state index in [1.54, 1.807) is 0 Å². The molecule has 0 spiro atoms. The maximum atomic E-state index is 12.6. The lowest BCUT2D eigenvalue weighted by molar-refractivity contribution is 0.0955. The van der Waals surface area contributed by atoms with Gasteiger partial charge in [0.2, 0.25) is 6.79 Å². The largest absolute Gasteiger partial charge is 0.454 e. The molecule has 2 aromatic heterocycles. The second-order valence-corrected chi connectivity index (χ2v) is 7.89. The maximum absolute atomic E-state index is 12.6. The highest BCUT2D eigenvalue weighted by molar-refractivity contribution is 7.20. The minimum Gasteiger partial charge on any atom is -0.454 e. The number of nitrogens with one attached hydrogen (secondary N) is 1. The van der Waals surface area contributed by atoms with E-state index in [0.29, 0.717) is 17.3 Å². The van der Waals surface area contributed by atoms with Crippen molar-refractivity contribution in [2.45, 2.75) is 33.9 Å².